The third-order valence-corrected chi connectivity index (χ3v) is 2.42. The van der Waals surface area contributed by atoms with Crippen LogP contribution in [0.4, 0.5) is 8.78 Å². The molecule has 0 unspecified atom stereocenters. The van der Waals surface area contributed by atoms with Gasteiger partial charge in [0.15, 0.2) is 10.5 Å². The van der Waals surface area contributed by atoms with Crippen LogP contribution in [0.5, 0.6) is 0 Å². The van der Waals surface area contributed by atoms with Crippen LogP contribution in [0.25, 0.3) is 0 Å². The van der Waals surface area contributed by atoms with E-state index in [2.05, 4.69) is 4.43 Å². The normalized spacial score (nSPS) is 12.0. The standard InChI is InChI=1S/C8H10F2O3Si/c9-6-2-1-5(7(10)3-6)4-8(11,12)13-14/h1-3,11-12H,4H2,14H3. The molecule has 1 aromatic carbocycles. The lowest BCUT2D eigenvalue weighted by Gasteiger charge is -2.20. The van der Waals surface area contributed by atoms with Crippen LogP contribution in [-0.2, 0) is 10.8 Å². The highest BCUT2D eigenvalue weighted by atomic mass is 28.2. The van der Waals surface area contributed by atoms with E-state index in [4.69, 9.17) is 10.2 Å². The van der Waals surface area contributed by atoms with Crippen LogP contribution in [0.2, 0.25) is 0 Å². The van der Waals surface area contributed by atoms with E-state index in [0.29, 0.717) is 6.07 Å². The Morgan fingerprint density at radius 3 is 2.50 bits per heavy atom. The second kappa shape index (κ2) is 4.14. The Morgan fingerprint density at radius 2 is 2.00 bits per heavy atom. The third-order valence-electron chi connectivity index (χ3n) is 1.76. The number of halogens is 2. The fourth-order valence-corrected chi connectivity index (χ4v) is 1.13. The van der Waals surface area contributed by atoms with Crippen molar-refractivity contribution in [2.45, 2.75) is 12.4 Å². The third kappa shape index (κ3) is 2.84. The van der Waals surface area contributed by atoms with Gasteiger partial charge in [-0.3, -0.25) is 0 Å². The number of hydrogen-bond donors (Lipinski definition) is 2. The minimum atomic E-state index is -2.37. The highest BCUT2D eigenvalue weighted by molar-refractivity contribution is 5.98. The van der Waals surface area contributed by atoms with Crippen LogP contribution in [0.1, 0.15) is 5.56 Å². The van der Waals surface area contributed by atoms with Gasteiger partial charge in [-0.1, -0.05) is 6.07 Å². The Hall–Kier alpha value is -0.823. The minimum absolute atomic E-state index is 0.00718. The van der Waals surface area contributed by atoms with Crippen molar-refractivity contribution in [2.75, 3.05) is 0 Å². The lowest BCUT2D eigenvalue weighted by Crippen LogP contribution is -2.33. The first-order chi connectivity index (χ1) is 6.44. The molecule has 0 heterocycles. The first-order valence-electron chi connectivity index (χ1n) is 3.88. The summed E-state index contributed by atoms with van der Waals surface area (Å²) in [7, 11) is 0.108. The average molecular weight is 220 g/mol. The monoisotopic (exact) mass is 220 g/mol. The van der Waals surface area contributed by atoms with Crippen LogP contribution in [0.3, 0.4) is 0 Å². The van der Waals surface area contributed by atoms with Gasteiger partial charge < -0.3 is 14.6 Å². The Balaban J connectivity index is 2.87. The van der Waals surface area contributed by atoms with Gasteiger partial charge in [0.2, 0.25) is 0 Å². The molecule has 0 atom stereocenters. The van der Waals surface area contributed by atoms with E-state index in [9.17, 15) is 8.78 Å². The Morgan fingerprint density at radius 1 is 1.36 bits per heavy atom. The first kappa shape index (κ1) is 11.3. The second-order valence-electron chi connectivity index (χ2n) is 2.86. The summed E-state index contributed by atoms with van der Waals surface area (Å²) in [6, 6.07) is 2.87. The van der Waals surface area contributed by atoms with Gasteiger partial charge in [0.25, 0.3) is 5.97 Å². The van der Waals surface area contributed by atoms with Crippen LogP contribution < -0.4 is 0 Å². The number of rotatable bonds is 3. The fraction of sp³-hybridized carbons (Fsp3) is 0.250. The minimum Gasteiger partial charge on any atom is -0.380 e. The van der Waals surface area contributed by atoms with Crippen molar-refractivity contribution in [1.29, 1.82) is 0 Å². The molecule has 0 bridgehead atoms. The predicted octanol–water partition coefficient (Wildman–Crippen LogP) is -0.557. The van der Waals surface area contributed by atoms with Crippen molar-refractivity contribution < 1.29 is 23.4 Å². The SMILES string of the molecule is OC(O)(Cc1ccc(F)cc1F)O[SiH3]. The van der Waals surface area contributed by atoms with Crippen molar-refractivity contribution in [3.8, 4) is 0 Å². The molecule has 0 saturated heterocycles. The summed E-state index contributed by atoms with van der Waals surface area (Å²) in [5, 5.41) is 18.2. The van der Waals surface area contributed by atoms with E-state index < -0.39 is 24.0 Å². The molecule has 78 valence electrons. The van der Waals surface area contributed by atoms with E-state index in [1.54, 1.807) is 0 Å². The molecule has 0 aliphatic heterocycles. The van der Waals surface area contributed by atoms with Gasteiger partial charge in [0.1, 0.15) is 11.6 Å². The van der Waals surface area contributed by atoms with E-state index in [1.807, 2.05) is 0 Å². The maximum Gasteiger partial charge on any atom is 0.271 e. The fourth-order valence-electron chi connectivity index (χ4n) is 0.985. The van der Waals surface area contributed by atoms with E-state index in [-0.39, 0.29) is 16.0 Å². The molecule has 1 rings (SSSR count). The zero-order valence-electron chi connectivity index (χ0n) is 7.50. The Labute approximate surface area is 82.5 Å². The van der Waals surface area contributed by atoms with Gasteiger partial charge >= 0.3 is 0 Å². The maximum atomic E-state index is 13.0. The number of hydrogen-bond acceptors (Lipinski definition) is 3. The predicted molar refractivity (Wildman–Crippen MR) is 48.3 cm³/mol. The molecule has 0 saturated carbocycles. The van der Waals surface area contributed by atoms with Crippen molar-refractivity contribution in [2.24, 2.45) is 0 Å². The van der Waals surface area contributed by atoms with Gasteiger partial charge in [0, 0.05) is 6.07 Å². The molecule has 0 amide bonds. The number of benzene rings is 1. The van der Waals surface area contributed by atoms with Crippen molar-refractivity contribution in [1.82, 2.24) is 0 Å². The topological polar surface area (TPSA) is 49.7 Å². The van der Waals surface area contributed by atoms with Gasteiger partial charge in [-0.15, -0.1) is 0 Å². The Bertz CT molecular complexity index is 330. The summed E-state index contributed by atoms with van der Waals surface area (Å²) >= 11 is 0. The van der Waals surface area contributed by atoms with Crippen molar-refractivity contribution >= 4 is 10.5 Å². The molecule has 1 aromatic rings. The quantitative estimate of drug-likeness (QED) is 0.530. The molecule has 6 heteroatoms. The van der Waals surface area contributed by atoms with E-state index in [1.165, 1.54) is 0 Å². The summed E-state index contributed by atoms with van der Waals surface area (Å²) in [6.07, 6.45) is -0.428. The lowest BCUT2D eigenvalue weighted by atomic mass is 10.1. The molecular weight excluding hydrogens is 210 g/mol. The van der Waals surface area contributed by atoms with Crippen LogP contribution in [0.15, 0.2) is 18.2 Å². The summed E-state index contributed by atoms with van der Waals surface area (Å²) in [6.45, 7) is 0. The van der Waals surface area contributed by atoms with Crippen LogP contribution >= 0.6 is 0 Å². The van der Waals surface area contributed by atoms with Crippen molar-refractivity contribution in [3.63, 3.8) is 0 Å². The van der Waals surface area contributed by atoms with Crippen molar-refractivity contribution in [3.05, 3.63) is 35.4 Å². The smallest absolute Gasteiger partial charge is 0.271 e. The largest absolute Gasteiger partial charge is 0.380 e. The summed E-state index contributed by atoms with van der Waals surface area (Å²) in [4.78, 5) is 0. The first-order valence-corrected chi connectivity index (χ1v) is 4.70. The molecule has 3 nitrogen and oxygen atoms in total. The number of aliphatic hydroxyl groups is 2. The molecule has 0 aliphatic rings. The molecular formula is C8H10F2O3Si. The highest BCUT2D eigenvalue weighted by Gasteiger charge is 2.23. The molecule has 0 aliphatic carbocycles. The van der Waals surface area contributed by atoms with Gasteiger partial charge in [0.05, 0.1) is 6.42 Å². The summed E-state index contributed by atoms with van der Waals surface area (Å²) < 4.78 is 29.9. The van der Waals surface area contributed by atoms with Gasteiger partial charge in [-0.2, -0.15) is 0 Å². The second-order valence-corrected chi connectivity index (χ2v) is 3.27. The Kier molecular flexibility index (Phi) is 3.32. The summed E-state index contributed by atoms with van der Waals surface area (Å²) in [5.74, 6) is -3.90. The molecule has 0 spiro atoms. The van der Waals surface area contributed by atoms with Gasteiger partial charge in [-0.05, 0) is 11.6 Å². The van der Waals surface area contributed by atoms with E-state index in [0.717, 1.165) is 12.1 Å². The summed E-state index contributed by atoms with van der Waals surface area (Å²) in [5.41, 5.74) is -0.00718. The maximum absolute atomic E-state index is 13.0. The van der Waals surface area contributed by atoms with Gasteiger partial charge in [-0.25, -0.2) is 8.78 Å². The molecule has 0 fully saturated rings. The van der Waals surface area contributed by atoms with Crippen LogP contribution in [-0.4, -0.2) is 26.7 Å². The average Bonchev–Trinajstić information content (AvgIpc) is 2.10. The highest BCUT2D eigenvalue weighted by Crippen LogP contribution is 2.15. The molecule has 14 heavy (non-hydrogen) atoms. The van der Waals surface area contributed by atoms with E-state index >= 15 is 0 Å². The van der Waals surface area contributed by atoms with Crippen LogP contribution in [0, 0.1) is 11.6 Å². The lowest BCUT2D eigenvalue weighted by molar-refractivity contribution is -0.290. The molecule has 0 radical (unpaired) electrons. The zero-order valence-corrected chi connectivity index (χ0v) is 9.50. The molecule has 0 aromatic heterocycles. The molecule has 2 N–H and O–H groups in total. The zero-order chi connectivity index (χ0) is 10.8.